The standard InChI is InChI=1S/C31H38O4/c1-6-8-25(27(7-2)29(34)15-19(3)32)16-22-17-26-13-14-28(20(4)31(26)30(35)18-22)24-11-9-23(10-12-24)21(5)33/h9-14,22,25,27H,6-8,15-18H2,1-5H3. The van der Waals surface area contributed by atoms with Gasteiger partial charge in [-0.15, -0.1) is 0 Å². The number of fused-ring (bicyclic) bond motifs is 1. The number of hydrogen-bond acceptors (Lipinski definition) is 4. The summed E-state index contributed by atoms with van der Waals surface area (Å²) in [5.41, 5.74) is 5.62. The normalized spacial score (nSPS) is 16.9. The largest absolute Gasteiger partial charge is 0.300 e. The van der Waals surface area contributed by atoms with Gasteiger partial charge in [0.25, 0.3) is 0 Å². The van der Waals surface area contributed by atoms with Crippen LogP contribution < -0.4 is 0 Å². The van der Waals surface area contributed by atoms with Gasteiger partial charge in [0.2, 0.25) is 0 Å². The van der Waals surface area contributed by atoms with E-state index in [9.17, 15) is 19.2 Å². The fourth-order valence-corrected chi connectivity index (χ4v) is 5.92. The van der Waals surface area contributed by atoms with Crippen molar-refractivity contribution in [2.24, 2.45) is 17.8 Å². The maximum atomic E-state index is 13.3. The Balaban J connectivity index is 1.83. The number of carbonyl (C=O) groups is 4. The van der Waals surface area contributed by atoms with Crippen LogP contribution in [0.15, 0.2) is 36.4 Å². The molecule has 4 nitrogen and oxygen atoms in total. The van der Waals surface area contributed by atoms with Crippen molar-refractivity contribution in [3.05, 3.63) is 58.7 Å². The molecule has 0 aliphatic heterocycles. The first-order valence-electron chi connectivity index (χ1n) is 12.9. The summed E-state index contributed by atoms with van der Waals surface area (Å²) in [4.78, 5) is 49.3. The monoisotopic (exact) mass is 474 g/mol. The van der Waals surface area contributed by atoms with Crippen LogP contribution in [-0.4, -0.2) is 23.1 Å². The van der Waals surface area contributed by atoms with Gasteiger partial charge in [0.1, 0.15) is 11.6 Å². The smallest absolute Gasteiger partial charge is 0.163 e. The molecule has 0 N–H and O–H groups in total. The molecule has 0 heterocycles. The van der Waals surface area contributed by atoms with E-state index in [4.69, 9.17) is 0 Å². The lowest BCUT2D eigenvalue weighted by Gasteiger charge is -2.32. The van der Waals surface area contributed by atoms with Crippen LogP contribution in [0, 0.1) is 24.7 Å². The van der Waals surface area contributed by atoms with Crippen LogP contribution >= 0.6 is 0 Å². The number of rotatable bonds is 11. The molecule has 0 aromatic heterocycles. The molecule has 4 heteroatoms. The summed E-state index contributed by atoms with van der Waals surface area (Å²) in [6.07, 6.45) is 4.85. The van der Waals surface area contributed by atoms with Gasteiger partial charge in [-0.3, -0.25) is 19.2 Å². The highest BCUT2D eigenvalue weighted by Gasteiger charge is 2.33. The lowest BCUT2D eigenvalue weighted by molar-refractivity contribution is -0.129. The Morgan fingerprint density at radius 1 is 0.971 bits per heavy atom. The molecule has 0 spiro atoms. The zero-order chi connectivity index (χ0) is 25.7. The molecular weight excluding hydrogens is 436 g/mol. The van der Waals surface area contributed by atoms with E-state index in [1.54, 1.807) is 6.92 Å². The summed E-state index contributed by atoms with van der Waals surface area (Å²) in [6.45, 7) is 9.20. The van der Waals surface area contributed by atoms with Crippen LogP contribution in [0.4, 0.5) is 0 Å². The third kappa shape index (κ3) is 6.22. The summed E-state index contributed by atoms with van der Waals surface area (Å²) in [6, 6.07) is 11.7. The minimum atomic E-state index is -0.113. The van der Waals surface area contributed by atoms with Crippen molar-refractivity contribution in [3.8, 4) is 11.1 Å². The second-order valence-electron chi connectivity index (χ2n) is 10.2. The summed E-state index contributed by atoms with van der Waals surface area (Å²) < 4.78 is 0. The summed E-state index contributed by atoms with van der Waals surface area (Å²) in [5.74, 6) is 0.494. The Labute approximate surface area is 209 Å². The molecular formula is C31H38O4. The quantitative estimate of drug-likeness (QED) is 0.260. The number of ketones is 4. The molecule has 0 saturated carbocycles. The van der Waals surface area contributed by atoms with Crippen LogP contribution in [0.5, 0.6) is 0 Å². The minimum absolute atomic E-state index is 0.0144. The van der Waals surface area contributed by atoms with E-state index in [0.717, 1.165) is 59.9 Å². The molecule has 3 rings (SSSR count). The molecule has 3 atom stereocenters. The van der Waals surface area contributed by atoms with Gasteiger partial charge in [0, 0.05) is 23.5 Å². The molecule has 2 aromatic rings. The first-order chi connectivity index (χ1) is 16.7. The lowest BCUT2D eigenvalue weighted by atomic mass is 9.71. The highest BCUT2D eigenvalue weighted by molar-refractivity contribution is 6.02. The van der Waals surface area contributed by atoms with Crippen molar-refractivity contribution in [1.29, 1.82) is 0 Å². The first kappa shape index (κ1) is 26.7. The molecule has 1 aliphatic rings. The van der Waals surface area contributed by atoms with Gasteiger partial charge in [-0.2, -0.15) is 0 Å². The zero-order valence-corrected chi connectivity index (χ0v) is 21.8. The average molecular weight is 475 g/mol. The van der Waals surface area contributed by atoms with Crippen molar-refractivity contribution in [2.75, 3.05) is 0 Å². The summed E-state index contributed by atoms with van der Waals surface area (Å²) in [5, 5.41) is 0. The number of carbonyl (C=O) groups excluding carboxylic acids is 4. The lowest BCUT2D eigenvalue weighted by Crippen LogP contribution is -2.29. The molecule has 2 aromatic carbocycles. The highest BCUT2D eigenvalue weighted by Crippen LogP contribution is 2.38. The third-order valence-electron chi connectivity index (χ3n) is 7.56. The SMILES string of the molecule is CCCC(CC1CC(=O)c2c(ccc(-c3ccc(C(C)=O)cc3)c2C)C1)C(CC)C(=O)CC(C)=O. The first-order valence-corrected chi connectivity index (χ1v) is 12.9. The van der Waals surface area contributed by atoms with Gasteiger partial charge in [-0.25, -0.2) is 0 Å². The van der Waals surface area contributed by atoms with E-state index in [-0.39, 0.29) is 47.3 Å². The number of benzene rings is 2. The molecule has 1 aliphatic carbocycles. The molecule has 0 fully saturated rings. The molecule has 0 radical (unpaired) electrons. The van der Waals surface area contributed by atoms with Crippen LogP contribution in [0.2, 0.25) is 0 Å². The van der Waals surface area contributed by atoms with Crippen molar-refractivity contribution in [2.45, 2.75) is 79.6 Å². The molecule has 0 amide bonds. The van der Waals surface area contributed by atoms with Gasteiger partial charge in [0.15, 0.2) is 11.6 Å². The van der Waals surface area contributed by atoms with Crippen molar-refractivity contribution >= 4 is 23.1 Å². The Bertz CT molecular complexity index is 1110. The Kier molecular flexibility index (Phi) is 8.93. The van der Waals surface area contributed by atoms with Crippen LogP contribution in [0.3, 0.4) is 0 Å². The Morgan fingerprint density at radius 3 is 2.23 bits per heavy atom. The molecule has 35 heavy (non-hydrogen) atoms. The minimum Gasteiger partial charge on any atom is -0.300 e. The molecule has 186 valence electrons. The summed E-state index contributed by atoms with van der Waals surface area (Å²) >= 11 is 0. The van der Waals surface area contributed by atoms with Crippen molar-refractivity contribution in [3.63, 3.8) is 0 Å². The van der Waals surface area contributed by atoms with Gasteiger partial charge in [-0.05, 0) is 74.1 Å². The Morgan fingerprint density at radius 2 is 1.66 bits per heavy atom. The number of Topliss-reactive ketones (excluding diaryl/α,β-unsaturated/α-hetero) is 4. The van der Waals surface area contributed by atoms with E-state index in [0.29, 0.717) is 12.0 Å². The van der Waals surface area contributed by atoms with Crippen LogP contribution in [-0.2, 0) is 16.0 Å². The van der Waals surface area contributed by atoms with Gasteiger partial charge < -0.3 is 0 Å². The number of hydrogen-bond donors (Lipinski definition) is 0. The average Bonchev–Trinajstić information content (AvgIpc) is 2.79. The highest BCUT2D eigenvalue weighted by atomic mass is 16.1. The fourth-order valence-electron chi connectivity index (χ4n) is 5.92. The van der Waals surface area contributed by atoms with Gasteiger partial charge in [0.05, 0.1) is 6.42 Å². The molecule has 0 bridgehead atoms. The van der Waals surface area contributed by atoms with E-state index >= 15 is 0 Å². The third-order valence-corrected chi connectivity index (χ3v) is 7.56. The summed E-state index contributed by atoms with van der Waals surface area (Å²) in [7, 11) is 0. The van der Waals surface area contributed by atoms with Gasteiger partial charge >= 0.3 is 0 Å². The van der Waals surface area contributed by atoms with E-state index < -0.39 is 0 Å². The van der Waals surface area contributed by atoms with Crippen LogP contribution in [0.1, 0.15) is 98.1 Å². The maximum absolute atomic E-state index is 13.3. The van der Waals surface area contributed by atoms with Crippen molar-refractivity contribution in [1.82, 2.24) is 0 Å². The van der Waals surface area contributed by atoms with E-state index in [1.165, 1.54) is 6.92 Å². The van der Waals surface area contributed by atoms with Crippen molar-refractivity contribution < 1.29 is 19.2 Å². The maximum Gasteiger partial charge on any atom is 0.163 e. The fraction of sp³-hybridized carbons (Fsp3) is 0.484. The predicted octanol–water partition coefficient (Wildman–Crippen LogP) is 6.99. The Hall–Kier alpha value is -2.88. The predicted molar refractivity (Wildman–Crippen MR) is 140 cm³/mol. The van der Waals surface area contributed by atoms with E-state index in [1.807, 2.05) is 38.1 Å². The van der Waals surface area contributed by atoms with E-state index in [2.05, 4.69) is 19.1 Å². The topological polar surface area (TPSA) is 68.3 Å². The molecule has 0 saturated heterocycles. The molecule has 3 unspecified atom stereocenters. The zero-order valence-electron chi connectivity index (χ0n) is 21.8. The second-order valence-corrected chi connectivity index (χ2v) is 10.2. The van der Waals surface area contributed by atoms with Gasteiger partial charge in [-0.1, -0.05) is 63.1 Å². The van der Waals surface area contributed by atoms with Crippen LogP contribution in [0.25, 0.3) is 11.1 Å². The second kappa shape index (κ2) is 11.7.